The largest absolute Gasteiger partial charge is 0.442 e. The van der Waals surface area contributed by atoms with Crippen LogP contribution in [-0.2, 0) is 5.60 Å². The van der Waals surface area contributed by atoms with Gasteiger partial charge in [0.25, 0.3) is 11.5 Å². The minimum Gasteiger partial charge on any atom is -0.442 e. The van der Waals surface area contributed by atoms with Crippen molar-refractivity contribution in [3.05, 3.63) is 63.4 Å². The maximum Gasteiger partial charge on any atom is 0.262 e. The summed E-state index contributed by atoms with van der Waals surface area (Å²) in [5.74, 6) is -2.23. The molecule has 3 N–H and O–H groups in total. The van der Waals surface area contributed by atoms with Crippen LogP contribution < -0.4 is 10.9 Å². The highest BCUT2D eigenvalue weighted by Gasteiger charge is 2.29. The average molecular weight is 363 g/mol. The third kappa shape index (κ3) is 3.08. The van der Waals surface area contributed by atoms with Crippen LogP contribution in [0.2, 0.25) is 0 Å². The second-order valence-electron chi connectivity index (χ2n) is 6.03. The van der Waals surface area contributed by atoms with Gasteiger partial charge in [-0.15, -0.1) is 0 Å². The van der Waals surface area contributed by atoms with E-state index in [4.69, 9.17) is 4.42 Å². The third-order valence-corrected chi connectivity index (χ3v) is 4.00. The number of hydrogen-bond donors (Lipinski definition) is 3. The minimum absolute atomic E-state index is 0.00717. The van der Waals surface area contributed by atoms with Crippen LogP contribution in [0.5, 0.6) is 0 Å². The van der Waals surface area contributed by atoms with E-state index in [9.17, 15) is 23.5 Å². The van der Waals surface area contributed by atoms with E-state index in [-0.39, 0.29) is 34.5 Å². The molecule has 0 spiro atoms. The van der Waals surface area contributed by atoms with Crippen molar-refractivity contribution in [3.63, 3.8) is 0 Å². The van der Waals surface area contributed by atoms with Gasteiger partial charge in [0.2, 0.25) is 5.71 Å². The first-order chi connectivity index (χ1) is 12.2. The highest BCUT2D eigenvalue weighted by molar-refractivity contribution is 6.06. The Morgan fingerprint density at radius 2 is 2.15 bits per heavy atom. The van der Waals surface area contributed by atoms with E-state index in [1.54, 1.807) is 0 Å². The van der Waals surface area contributed by atoms with Crippen LogP contribution in [0.4, 0.5) is 8.78 Å². The predicted molar refractivity (Wildman–Crippen MR) is 87.6 cm³/mol. The number of benzene rings is 1. The first kappa shape index (κ1) is 17.7. The van der Waals surface area contributed by atoms with Crippen molar-refractivity contribution < 1.29 is 23.1 Å². The molecule has 3 aromatic rings. The van der Waals surface area contributed by atoms with Crippen molar-refractivity contribution in [2.45, 2.75) is 19.4 Å². The number of halogens is 2. The molecular formula is C17H15F2N3O4. The molecule has 7 nitrogen and oxygen atoms in total. The summed E-state index contributed by atoms with van der Waals surface area (Å²) in [4.78, 5) is 30.6. The fraction of sp³-hybridized carbons (Fsp3) is 0.235. The number of carbonyl (C=O) groups excluding carboxylic acids is 1. The molecule has 1 unspecified atom stereocenters. The molecule has 136 valence electrons. The van der Waals surface area contributed by atoms with Gasteiger partial charge in [0, 0.05) is 11.6 Å². The van der Waals surface area contributed by atoms with Gasteiger partial charge in [-0.1, -0.05) is 6.07 Å². The number of aromatic nitrogens is 2. The Morgan fingerprint density at radius 3 is 2.85 bits per heavy atom. The standard InChI is InChI=1S/C17H15F2N3O4/c1-8-12(13-15(24)21-7-22-16(13)26-8)14(23)20-6-17(2,25)10-4-3-9(18)5-11(10)19/h3-5,7,25H,6H2,1-2H3,(H,20,23)(H,21,22,24). The molecule has 9 heteroatoms. The maximum absolute atomic E-state index is 13.9. The molecular weight excluding hydrogens is 348 g/mol. The zero-order valence-corrected chi connectivity index (χ0v) is 13.9. The lowest BCUT2D eigenvalue weighted by atomic mass is 9.95. The number of furan rings is 1. The highest BCUT2D eigenvalue weighted by atomic mass is 19.1. The first-order valence-electron chi connectivity index (χ1n) is 7.63. The van der Waals surface area contributed by atoms with Gasteiger partial charge in [0.15, 0.2) is 0 Å². The third-order valence-electron chi connectivity index (χ3n) is 4.00. The summed E-state index contributed by atoms with van der Waals surface area (Å²) in [7, 11) is 0. The van der Waals surface area contributed by atoms with Gasteiger partial charge in [-0.3, -0.25) is 9.59 Å². The number of fused-ring (bicyclic) bond motifs is 1. The molecule has 0 saturated heterocycles. The number of aryl methyl sites for hydroxylation is 1. The highest BCUT2D eigenvalue weighted by Crippen LogP contribution is 2.24. The fourth-order valence-electron chi connectivity index (χ4n) is 2.69. The molecule has 0 fully saturated rings. The Balaban J connectivity index is 1.87. The minimum atomic E-state index is -1.80. The fourth-order valence-corrected chi connectivity index (χ4v) is 2.69. The molecule has 1 atom stereocenters. The van der Waals surface area contributed by atoms with E-state index in [1.165, 1.54) is 13.8 Å². The Morgan fingerprint density at radius 1 is 1.42 bits per heavy atom. The lowest BCUT2D eigenvalue weighted by Gasteiger charge is -2.24. The van der Waals surface area contributed by atoms with Crippen molar-refractivity contribution in [2.24, 2.45) is 0 Å². The van der Waals surface area contributed by atoms with E-state index in [2.05, 4.69) is 15.3 Å². The van der Waals surface area contributed by atoms with Crippen molar-refractivity contribution in [1.82, 2.24) is 15.3 Å². The number of amides is 1. The van der Waals surface area contributed by atoms with Gasteiger partial charge in [-0.25, -0.2) is 13.8 Å². The summed E-state index contributed by atoms with van der Waals surface area (Å²) < 4.78 is 32.2. The van der Waals surface area contributed by atoms with Gasteiger partial charge in [-0.2, -0.15) is 0 Å². The first-order valence-corrected chi connectivity index (χ1v) is 7.63. The van der Waals surface area contributed by atoms with Crippen LogP contribution in [0.1, 0.15) is 28.6 Å². The van der Waals surface area contributed by atoms with Gasteiger partial charge in [0.05, 0.1) is 18.4 Å². The van der Waals surface area contributed by atoms with E-state index in [1.807, 2.05) is 0 Å². The molecule has 0 saturated carbocycles. The van der Waals surface area contributed by atoms with Crippen molar-refractivity contribution >= 4 is 17.0 Å². The van der Waals surface area contributed by atoms with Gasteiger partial charge in [0.1, 0.15) is 28.4 Å². The van der Waals surface area contributed by atoms with Gasteiger partial charge >= 0.3 is 0 Å². The van der Waals surface area contributed by atoms with Crippen molar-refractivity contribution in [1.29, 1.82) is 0 Å². The lowest BCUT2D eigenvalue weighted by Crippen LogP contribution is -2.39. The SMILES string of the molecule is Cc1oc2nc[nH]c(=O)c2c1C(=O)NCC(C)(O)c1ccc(F)cc1F. The zero-order valence-electron chi connectivity index (χ0n) is 13.9. The molecule has 0 radical (unpaired) electrons. The molecule has 1 aromatic carbocycles. The second-order valence-corrected chi connectivity index (χ2v) is 6.03. The number of nitrogens with zero attached hydrogens (tertiary/aromatic N) is 1. The molecule has 26 heavy (non-hydrogen) atoms. The molecule has 0 bridgehead atoms. The smallest absolute Gasteiger partial charge is 0.262 e. The molecule has 0 aliphatic heterocycles. The number of aliphatic hydroxyl groups is 1. The van der Waals surface area contributed by atoms with E-state index >= 15 is 0 Å². The summed E-state index contributed by atoms with van der Waals surface area (Å²) in [5.41, 5.74) is -2.54. The number of carbonyl (C=O) groups is 1. The number of rotatable bonds is 4. The average Bonchev–Trinajstić information content (AvgIpc) is 2.90. The normalized spacial score (nSPS) is 13.6. The summed E-state index contributed by atoms with van der Waals surface area (Å²) in [6, 6.07) is 2.75. The van der Waals surface area contributed by atoms with E-state index < -0.39 is 28.7 Å². The van der Waals surface area contributed by atoms with Crippen LogP contribution in [0.3, 0.4) is 0 Å². The quantitative estimate of drug-likeness (QED) is 0.654. The van der Waals surface area contributed by atoms with Crippen LogP contribution in [0.25, 0.3) is 11.1 Å². The lowest BCUT2D eigenvalue weighted by molar-refractivity contribution is 0.0494. The second kappa shape index (κ2) is 6.34. The van der Waals surface area contributed by atoms with Crippen LogP contribution in [-0.4, -0.2) is 27.5 Å². The van der Waals surface area contributed by atoms with E-state index in [0.717, 1.165) is 18.5 Å². The summed E-state index contributed by atoms with van der Waals surface area (Å²) >= 11 is 0. The summed E-state index contributed by atoms with van der Waals surface area (Å²) in [6.45, 7) is 2.39. The Kier molecular flexibility index (Phi) is 4.33. The molecule has 1 amide bonds. The topological polar surface area (TPSA) is 108 Å². The maximum atomic E-state index is 13.9. The number of aromatic amines is 1. The Bertz CT molecular complexity index is 1060. The van der Waals surface area contributed by atoms with Crippen LogP contribution in [0, 0.1) is 18.6 Å². The van der Waals surface area contributed by atoms with Crippen LogP contribution in [0.15, 0.2) is 33.7 Å². The number of nitrogens with one attached hydrogen (secondary N) is 2. The van der Waals surface area contributed by atoms with Crippen molar-refractivity contribution in [3.8, 4) is 0 Å². The van der Waals surface area contributed by atoms with Crippen molar-refractivity contribution in [2.75, 3.05) is 6.54 Å². The summed E-state index contributed by atoms with van der Waals surface area (Å²) in [6.07, 6.45) is 1.15. The number of hydrogen-bond acceptors (Lipinski definition) is 5. The zero-order chi connectivity index (χ0) is 19.1. The molecule has 0 aliphatic rings. The Labute approximate surface area is 145 Å². The molecule has 3 rings (SSSR count). The Hall–Kier alpha value is -3.07. The van der Waals surface area contributed by atoms with Gasteiger partial charge in [-0.05, 0) is 19.9 Å². The molecule has 0 aliphatic carbocycles. The number of H-pyrrole nitrogens is 1. The monoisotopic (exact) mass is 363 g/mol. The van der Waals surface area contributed by atoms with Crippen LogP contribution >= 0.6 is 0 Å². The molecule has 2 aromatic heterocycles. The molecule has 2 heterocycles. The van der Waals surface area contributed by atoms with Gasteiger partial charge < -0.3 is 19.8 Å². The summed E-state index contributed by atoms with van der Waals surface area (Å²) in [5, 5.41) is 12.9. The van der Waals surface area contributed by atoms with E-state index in [0.29, 0.717) is 6.07 Å². The predicted octanol–water partition coefficient (Wildman–Crippen LogP) is 1.74.